The minimum Gasteiger partial charge on any atom is -0.497 e. The first-order chi connectivity index (χ1) is 9.51. The van der Waals surface area contributed by atoms with Crippen LogP contribution in [0.2, 0.25) is 0 Å². The van der Waals surface area contributed by atoms with Crippen molar-refractivity contribution in [2.45, 2.75) is 26.4 Å². The molecule has 0 atom stereocenters. The lowest BCUT2D eigenvalue weighted by Gasteiger charge is -2.08. The topological polar surface area (TPSA) is 88.7 Å². The summed E-state index contributed by atoms with van der Waals surface area (Å²) in [5, 5.41) is 5.69. The molecule has 0 saturated heterocycles. The van der Waals surface area contributed by atoms with Crippen LogP contribution in [-0.4, -0.2) is 31.6 Å². The van der Waals surface area contributed by atoms with Crippen LogP contribution >= 0.6 is 0 Å². The van der Waals surface area contributed by atoms with Crippen LogP contribution < -0.4 is 21.1 Å². The van der Waals surface area contributed by atoms with Gasteiger partial charge in [-0.1, -0.05) is 12.1 Å². The number of guanidine groups is 1. The zero-order valence-electron chi connectivity index (χ0n) is 12.1. The monoisotopic (exact) mass is 278 g/mol. The third-order valence-electron chi connectivity index (χ3n) is 2.48. The molecule has 0 aliphatic rings. The van der Waals surface area contributed by atoms with E-state index in [0.717, 1.165) is 11.3 Å². The van der Waals surface area contributed by atoms with E-state index in [1.807, 2.05) is 38.1 Å². The molecule has 0 heterocycles. The highest BCUT2D eigenvalue weighted by molar-refractivity contribution is 5.84. The Bertz CT molecular complexity index is 455. The molecule has 1 amide bonds. The van der Waals surface area contributed by atoms with Gasteiger partial charge in [-0.05, 0) is 31.5 Å². The summed E-state index contributed by atoms with van der Waals surface area (Å²) in [6.45, 7) is 4.37. The van der Waals surface area contributed by atoms with Gasteiger partial charge in [0, 0.05) is 12.6 Å². The zero-order valence-corrected chi connectivity index (χ0v) is 12.1. The van der Waals surface area contributed by atoms with E-state index in [9.17, 15) is 4.79 Å². The normalized spacial score (nSPS) is 11.3. The van der Waals surface area contributed by atoms with Gasteiger partial charge < -0.3 is 21.1 Å². The number of hydrogen-bond acceptors (Lipinski definition) is 3. The van der Waals surface area contributed by atoms with Crippen LogP contribution in [-0.2, 0) is 11.3 Å². The van der Waals surface area contributed by atoms with Gasteiger partial charge in [0.1, 0.15) is 12.3 Å². The number of methoxy groups -OCH3 is 1. The molecule has 6 heteroatoms. The number of ether oxygens (including phenoxy) is 1. The second-order valence-corrected chi connectivity index (χ2v) is 4.63. The molecule has 0 spiro atoms. The minimum atomic E-state index is -0.172. The summed E-state index contributed by atoms with van der Waals surface area (Å²) in [5.74, 6) is 0.895. The summed E-state index contributed by atoms with van der Waals surface area (Å²) in [7, 11) is 1.62. The molecule has 0 aliphatic heterocycles. The second-order valence-electron chi connectivity index (χ2n) is 4.63. The van der Waals surface area contributed by atoms with Crippen molar-refractivity contribution in [3.05, 3.63) is 29.8 Å². The number of amides is 1. The Morgan fingerprint density at radius 1 is 1.35 bits per heavy atom. The molecule has 110 valence electrons. The molecule has 1 aromatic rings. The number of carbonyl (C=O) groups excluding carboxylic acids is 1. The summed E-state index contributed by atoms with van der Waals surface area (Å²) < 4.78 is 5.07. The van der Waals surface area contributed by atoms with E-state index < -0.39 is 0 Å². The fourth-order valence-corrected chi connectivity index (χ4v) is 1.50. The first-order valence-electron chi connectivity index (χ1n) is 6.47. The van der Waals surface area contributed by atoms with Crippen LogP contribution in [0.4, 0.5) is 0 Å². The van der Waals surface area contributed by atoms with Crippen molar-refractivity contribution in [2.75, 3.05) is 13.7 Å². The first-order valence-corrected chi connectivity index (χ1v) is 6.47. The minimum absolute atomic E-state index is 0.0156. The number of carbonyl (C=O) groups is 1. The molecule has 0 bridgehead atoms. The summed E-state index contributed by atoms with van der Waals surface area (Å²) in [4.78, 5) is 15.6. The Labute approximate surface area is 119 Å². The Kier molecular flexibility index (Phi) is 6.36. The third kappa shape index (κ3) is 6.08. The van der Waals surface area contributed by atoms with Crippen LogP contribution in [0.25, 0.3) is 0 Å². The Morgan fingerprint density at radius 2 is 2.00 bits per heavy atom. The lowest BCUT2D eigenvalue weighted by atomic mass is 10.2. The fraction of sp³-hybridized carbons (Fsp3) is 0.429. The van der Waals surface area contributed by atoms with E-state index in [4.69, 9.17) is 10.5 Å². The molecule has 0 aliphatic carbocycles. The van der Waals surface area contributed by atoms with Gasteiger partial charge in [0.25, 0.3) is 0 Å². The smallest absolute Gasteiger partial charge is 0.242 e. The number of nitrogens with two attached hydrogens (primary N) is 1. The van der Waals surface area contributed by atoms with Gasteiger partial charge in [-0.2, -0.15) is 0 Å². The van der Waals surface area contributed by atoms with E-state index in [-0.39, 0.29) is 24.5 Å². The maximum Gasteiger partial charge on any atom is 0.242 e. The molecule has 0 fully saturated rings. The van der Waals surface area contributed by atoms with Crippen molar-refractivity contribution < 1.29 is 9.53 Å². The first kappa shape index (κ1) is 15.8. The summed E-state index contributed by atoms with van der Waals surface area (Å²) in [6, 6.07) is 7.70. The average molecular weight is 278 g/mol. The van der Waals surface area contributed by atoms with Gasteiger partial charge in [0.2, 0.25) is 5.91 Å². The van der Waals surface area contributed by atoms with Crippen LogP contribution in [0.3, 0.4) is 0 Å². The predicted molar refractivity (Wildman–Crippen MR) is 79.6 cm³/mol. The summed E-state index contributed by atoms with van der Waals surface area (Å²) >= 11 is 0. The third-order valence-corrected chi connectivity index (χ3v) is 2.48. The van der Waals surface area contributed by atoms with Crippen molar-refractivity contribution in [1.82, 2.24) is 10.6 Å². The molecule has 0 aromatic heterocycles. The number of aliphatic imine (C=N–C) groups is 1. The zero-order chi connectivity index (χ0) is 15.0. The lowest BCUT2D eigenvalue weighted by molar-refractivity contribution is -0.119. The molecule has 0 saturated carbocycles. The quantitative estimate of drug-likeness (QED) is 0.526. The SMILES string of the molecule is COc1ccc(CNC(=O)CN=C(N)NC(C)C)cc1. The van der Waals surface area contributed by atoms with Gasteiger partial charge in [0.15, 0.2) is 5.96 Å². The van der Waals surface area contributed by atoms with Crippen LogP contribution in [0.5, 0.6) is 5.75 Å². The predicted octanol–water partition coefficient (Wildman–Crippen LogP) is 0.624. The standard InChI is InChI=1S/C14H22N4O2/c1-10(2)18-14(15)17-9-13(19)16-8-11-4-6-12(20-3)7-5-11/h4-7,10H,8-9H2,1-3H3,(H,16,19)(H3,15,17,18). The molecule has 4 N–H and O–H groups in total. The molecule has 1 aromatic carbocycles. The maximum atomic E-state index is 11.6. The molecule has 0 unspecified atom stereocenters. The van der Waals surface area contributed by atoms with Crippen molar-refractivity contribution in [3.8, 4) is 5.75 Å². The highest BCUT2D eigenvalue weighted by Gasteiger charge is 2.02. The summed E-state index contributed by atoms with van der Waals surface area (Å²) in [5.41, 5.74) is 6.60. The largest absolute Gasteiger partial charge is 0.497 e. The van der Waals surface area contributed by atoms with Crippen LogP contribution in [0.1, 0.15) is 19.4 Å². The Morgan fingerprint density at radius 3 is 2.55 bits per heavy atom. The van der Waals surface area contributed by atoms with E-state index in [1.165, 1.54) is 0 Å². The van der Waals surface area contributed by atoms with E-state index >= 15 is 0 Å². The van der Waals surface area contributed by atoms with Gasteiger partial charge in [0.05, 0.1) is 7.11 Å². The van der Waals surface area contributed by atoms with Gasteiger partial charge in [-0.15, -0.1) is 0 Å². The van der Waals surface area contributed by atoms with Gasteiger partial charge in [-0.3, -0.25) is 4.79 Å². The second kappa shape index (κ2) is 8.04. The molecular weight excluding hydrogens is 256 g/mol. The highest BCUT2D eigenvalue weighted by atomic mass is 16.5. The molecule has 20 heavy (non-hydrogen) atoms. The number of nitrogens with zero attached hydrogens (tertiary/aromatic N) is 1. The maximum absolute atomic E-state index is 11.6. The molecule has 6 nitrogen and oxygen atoms in total. The number of rotatable bonds is 6. The number of nitrogens with one attached hydrogen (secondary N) is 2. The number of benzene rings is 1. The number of hydrogen-bond donors (Lipinski definition) is 3. The Hall–Kier alpha value is -2.24. The van der Waals surface area contributed by atoms with Crippen molar-refractivity contribution in [3.63, 3.8) is 0 Å². The van der Waals surface area contributed by atoms with Gasteiger partial charge in [-0.25, -0.2) is 4.99 Å². The highest BCUT2D eigenvalue weighted by Crippen LogP contribution is 2.10. The fourth-order valence-electron chi connectivity index (χ4n) is 1.50. The van der Waals surface area contributed by atoms with Crippen molar-refractivity contribution in [2.24, 2.45) is 10.7 Å². The molecular formula is C14H22N4O2. The van der Waals surface area contributed by atoms with Crippen LogP contribution in [0.15, 0.2) is 29.3 Å². The lowest BCUT2D eigenvalue weighted by Crippen LogP contribution is -2.37. The van der Waals surface area contributed by atoms with E-state index in [0.29, 0.717) is 6.54 Å². The summed E-state index contributed by atoms with van der Waals surface area (Å²) in [6.07, 6.45) is 0. The van der Waals surface area contributed by atoms with Crippen molar-refractivity contribution in [1.29, 1.82) is 0 Å². The molecule has 1 rings (SSSR count). The Balaban J connectivity index is 2.35. The van der Waals surface area contributed by atoms with Crippen molar-refractivity contribution >= 4 is 11.9 Å². The molecule has 0 radical (unpaired) electrons. The van der Waals surface area contributed by atoms with Gasteiger partial charge >= 0.3 is 0 Å². The van der Waals surface area contributed by atoms with Crippen LogP contribution in [0, 0.1) is 0 Å². The van der Waals surface area contributed by atoms with E-state index in [2.05, 4.69) is 15.6 Å². The average Bonchev–Trinajstić information content (AvgIpc) is 2.42. The van der Waals surface area contributed by atoms with E-state index in [1.54, 1.807) is 7.11 Å².